The van der Waals surface area contributed by atoms with Crippen LogP contribution in [0.1, 0.15) is 33.3 Å². The number of hydrogen-bond donors (Lipinski definition) is 0. The summed E-state index contributed by atoms with van der Waals surface area (Å²) in [4.78, 5) is 12.2. The number of carbonyl (C=O) groups excluding carboxylic acids is 1. The van der Waals surface area contributed by atoms with Crippen LogP contribution < -0.4 is 0 Å². The van der Waals surface area contributed by atoms with Crippen LogP contribution in [0.2, 0.25) is 0 Å². The molecule has 0 saturated heterocycles. The predicted octanol–water partition coefficient (Wildman–Crippen LogP) is 6.17. The van der Waals surface area contributed by atoms with E-state index in [4.69, 9.17) is 0 Å². The molecular weight excluding hydrogens is 329 g/mol. The fraction of sp³-hybridized carbons (Fsp3) is 0.316. The molecule has 0 radical (unpaired) electrons. The number of ketones is 1. The van der Waals surface area contributed by atoms with Gasteiger partial charge in [0.1, 0.15) is 0 Å². The van der Waals surface area contributed by atoms with Crippen LogP contribution in [-0.2, 0) is 11.0 Å². The van der Waals surface area contributed by atoms with Crippen LogP contribution >= 0.6 is 0 Å². The largest absolute Gasteiger partial charge is 0.416 e. The van der Waals surface area contributed by atoms with E-state index in [-0.39, 0.29) is 11.2 Å². The summed E-state index contributed by atoms with van der Waals surface area (Å²) in [6, 6.07) is 4.43. The van der Waals surface area contributed by atoms with Gasteiger partial charge in [0.2, 0.25) is 0 Å². The molecule has 0 atom stereocenters. The minimum Gasteiger partial charge on any atom is -0.289 e. The molecule has 2 rings (SSSR count). The molecule has 3 nitrogen and oxygen atoms in total. The average molecular weight is 348 g/mol. The number of Topliss-reactive ketones (excluding diaryl/α,β-unsaturated/α-hetero) is 1. The van der Waals surface area contributed by atoms with Gasteiger partial charge in [-0.1, -0.05) is 20.8 Å². The fourth-order valence-electron chi connectivity index (χ4n) is 2.31. The number of hydrogen-bond acceptors (Lipinski definition) is 3. The van der Waals surface area contributed by atoms with E-state index in [9.17, 15) is 18.0 Å². The molecule has 1 aromatic carbocycles. The zero-order valence-corrected chi connectivity index (χ0v) is 14.5. The topological polar surface area (TPSA) is 41.8 Å². The van der Waals surface area contributed by atoms with E-state index in [1.54, 1.807) is 19.1 Å². The van der Waals surface area contributed by atoms with E-state index in [0.717, 1.165) is 17.7 Å². The molecular formula is C19H19F3N2O. The zero-order valence-electron chi connectivity index (χ0n) is 14.5. The molecule has 1 aliphatic carbocycles. The van der Waals surface area contributed by atoms with Gasteiger partial charge in [0.05, 0.1) is 17.5 Å². The number of nitrogens with zero attached hydrogens (tertiary/aromatic N) is 2. The summed E-state index contributed by atoms with van der Waals surface area (Å²) in [5.74, 6) is 0.00401. The molecule has 0 fully saturated rings. The highest BCUT2D eigenvalue weighted by Crippen LogP contribution is 2.33. The number of alkyl halides is 3. The minimum atomic E-state index is -4.37. The van der Waals surface area contributed by atoms with Crippen molar-refractivity contribution in [2.24, 2.45) is 15.6 Å². The molecule has 0 aliphatic heterocycles. The third-order valence-corrected chi connectivity index (χ3v) is 3.68. The van der Waals surface area contributed by atoms with E-state index < -0.39 is 11.7 Å². The first-order valence-corrected chi connectivity index (χ1v) is 7.72. The summed E-state index contributed by atoms with van der Waals surface area (Å²) >= 11 is 0. The maximum Gasteiger partial charge on any atom is 0.416 e. The third-order valence-electron chi connectivity index (χ3n) is 3.68. The molecule has 0 heterocycles. The van der Waals surface area contributed by atoms with E-state index in [1.807, 2.05) is 20.8 Å². The van der Waals surface area contributed by atoms with E-state index in [1.165, 1.54) is 18.3 Å². The van der Waals surface area contributed by atoms with Crippen molar-refractivity contribution in [1.29, 1.82) is 0 Å². The van der Waals surface area contributed by atoms with Crippen molar-refractivity contribution >= 4 is 11.5 Å². The maximum absolute atomic E-state index is 12.5. The van der Waals surface area contributed by atoms with Crippen molar-refractivity contribution in [3.63, 3.8) is 0 Å². The Hall–Kier alpha value is -2.50. The van der Waals surface area contributed by atoms with Crippen LogP contribution in [0.25, 0.3) is 0 Å². The van der Waals surface area contributed by atoms with Gasteiger partial charge in [0, 0.05) is 5.57 Å². The molecule has 1 aromatic rings. The molecule has 25 heavy (non-hydrogen) atoms. The van der Waals surface area contributed by atoms with Gasteiger partial charge in [0.25, 0.3) is 0 Å². The van der Waals surface area contributed by atoms with Gasteiger partial charge in [0.15, 0.2) is 5.78 Å². The van der Waals surface area contributed by atoms with Crippen LogP contribution in [0.3, 0.4) is 0 Å². The number of rotatable bonds is 2. The van der Waals surface area contributed by atoms with Crippen molar-refractivity contribution in [1.82, 2.24) is 0 Å². The first kappa shape index (κ1) is 18.8. The summed E-state index contributed by atoms with van der Waals surface area (Å²) in [6.07, 6.45) is 0.590. The number of benzene rings is 1. The molecule has 6 heteroatoms. The Morgan fingerprint density at radius 1 is 1.00 bits per heavy atom. The van der Waals surface area contributed by atoms with Crippen LogP contribution in [0, 0.1) is 5.41 Å². The predicted molar refractivity (Wildman–Crippen MR) is 90.3 cm³/mol. The first-order valence-electron chi connectivity index (χ1n) is 7.72. The number of halogens is 3. The van der Waals surface area contributed by atoms with Crippen molar-refractivity contribution in [3.05, 3.63) is 64.9 Å². The molecule has 1 aliphatic rings. The Morgan fingerprint density at radius 2 is 1.60 bits per heavy atom. The molecule has 0 amide bonds. The molecule has 0 aromatic heterocycles. The molecule has 0 N–H and O–H groups in total. The van der Waals surface area contributed by atoms with Crippen LogP contribution in [-0.4, -0.2) is 5.78 Å². The van der Waals surface area contributed by atoms with Gasteiger partial charge >= 0.3 is 6.18 Å². The number of azo groups is 1. The summed E-state index contributed by atoms with van der Waals surface area (Å²) in [5.41, 5.74) is 1.31. The van der Waals surface area contributed by atoms with Gasteiger partial charge in [-0.05, 0) is 59.9 Å². The number of allylic oxidation sites excluding steroid dienone is 5. The third kappa shape index (κ3) is 4.75. The van der Waals surface area contributed by atoms with Gasteiger partial charge in [-0.25, -0.2) is 0 Å². The highest BCUT2D eigenvalue weighted by atomic mass is 19.4. The smallest absolute Gasteiger partial charge is 0.289 e. The first-order chi connectivity index (χ1) is 11.5. The highest BCUT2D eigenvalue weighted by molar-refractivity contribution is 6.10. The second kappa shape index (κ2) is 6.78. The lowest BCUT2D eigenvalue weighted by Crippen LogP contribution is -2.21. The van der Waals surface area contributed by atoms with Crippen molar-refractivity contribution < 1.29 is 18.0 Å². The van der Waals surface area contributed by atoms with Crippen LogP contribution in [0.4, 0.5) is 18.9 Å². The second-order valence-corrected chi connectivity index (χ2v) is 6.85. The quantitative estimate of drug-likeness (QED) is 0.589. The van der Waals surface area contributed by atoms with E-state index in [2.05, 4.69) is 10.2 Å². The van der Waals surface area contributed by atoms with Crippen molar-refractivity contribution in [3.8, 4) is 0 Å². The molecule has 132 valence electrons. The Morgan fingerprint density at radius 3 is 2.12 bits per heavy atom. The molecule has 0 unspecified atom stereocenters. The summed E-state index contributed by atoms with van der Waals surface area (Å²) in [5, 5.41) is 7.81. The highest BCUT2D eigenvalue weighted by Gasteiger charge is 2.30. The van der Waals surface area contributed by atoms with Gasteiger partial charge in [-0.2, -0.15) is 23.4 Å². The van der Waals surface area contributed by atoms with Gasteiger partial charge in [-0.3, -0.25) is 4.79 Å². The Bertz CT molecular complexity index is 789. The van der Waals surface area contributed by atoms with Crippen molar-refractivity contribution in [2.75, 3.05) is 0 Å². The maximum atomic E-state index is 12.5. The average Bonchev–Trinajstić information content (AvgIpc) is 2.49. The van der Waals surface area contributed by atoms with E-state index >= 15 is 0 Å². The molecule has 0 bridgehead atoms. The standard InChI is InChI=1S/C19H19F3N2O/c1-12-9-13(10-16(17(12)25)18(2,3)4)11-23-24-15-7-5-14(6-8-15)19(20,21)22/h5-11H,1-4H3/b13-11+,24-23?. The number of carbonyl (C=O) groups is 1. The van der Waals surface area contributed by atoms with Crippen LogP contribution in [0.5, 0.6) is 0 Å². The zero-order chi connectivity index (χ0) is 18.8. The van der Waals surface area contributed by atoms with E-state index in [0.29, 0.717) is 16.8 Å². The van der Waals surface area contributed by atoms with Crippen molar-refractivity contribution in [2.45, 2.75) is 33.9 Å². The van der Waals surface area contributed by atoms with Crippen LogP contribution in [0.15, 0.2) is 69.6 Å². The normalized spacial score (nSPS) is 17.9. The minimum absolute atomic E-state index is 0.00401. The fourth-order valence-corrected chi connectivity index (χ4v) is 2.31. The summed E-state index contributed by atoms with van der Waals surface area (Å²) < 4.78 is 37.5. The Labute approximate surface area is 144 Å². The lowest BCUT2D eigenvalue weighted by molar-refractivity contribution is -0.137. The Kier molecular flexibility index (Phi) is 5.11. The lowest BCUT2D eigenvalue weighted by atomic mass is 9.78. The van der Waals surface area contributed by atoms with Gasteiger partial charge < -0.3 is 0 Å². The Balaban J connectivity index is 2.22. The van der Waals surface area contributed by atoms with Gasteiger partial charge in [-0.15, -0.1) is 0 Å². The lowest BCUT2D eigenvalue weighted by Gasteiger charge is -2.24. The molecule has 0 saturated carbocycles. The summed E-state index contributed by atoms with van der Waals surface area (Å²) in [6.45, 7) is 7.60. The second-order valence-electron chi connectivity index (χ2n) is 6.85. The SMILES string of the molecule is CC1=C/C(=C\N=Nc2ccc(C(F)(F)F)cc2)C=C(C(C)(C)C)C1=O. The monoisotopic (exact) mass is 348 g/mol. The summed E-state index contributed by atoms with van der Waals surface area (Å²) in [7, 11) is 0. The molecule has 0 spiro atoms.